The number of nitrogens with zero attached hydrogens (tertiary/aromatic N) is 2. The van der Waals surface area contributed by atoms with Crippen molar-refractivity contribution in [3.05, 3.63) is 65.7 Å². The number of carbonyl (C=O) groups excluding carboxylic acids is 2. The molecule has 1 fully saturated rings. The number of amides is 2. The maximum Gasteiger partial charge on any atom is 0.259 e. The van der Waals surface area contributed by atoms with E-state index < -0.39 is 0 Å². The summed E-state index contributed by atoms with van der Waals surface area (Å²) < 4.78 is 6.13. The molecular formula is C21H21N3O3. The van der Waals surface area contributed by atoms with Crippen LogP contribution in [-0.2, 0) is 9.59 Å². The van der Waals surface area contributed by atoms with Crippen LogP contribution >= 0.6 is 0 Å². The molecule has 0 radical (unpaired) electrons. The van der Waals surface area contributed by atoms with Gasteiger partial charge in [0.05, 0.1) is 5.71 Å². The number of benzene rings is 2. The number of fused-ring (bicyclic) bond motifs is 1. The minimum absolute atomic E-state index is 0.0263. The van der Waals surface area contributed by atoms with Crippen LogP contribution in [0.2, 0.25) is 0 Å². The SMILES string of the molecule is O=C(CN1CCCC1=O)NN=C1CC(c2ccccc2)Oc2ccccc21. The molecule has 1 N–H and O–H groups in total. The topological polar surface area (TPSA) is 71.0 Å². The Morgan fingerprint density at radius 3 is 2.70 bits per heavy atom. The summed E-state index contributed by atoms with van der Waals surface area (Å²) in [5, 5.41) is 4.37. The Balaban J connectivity index is 1.52. The molecule has 0 saturated carbocycles. The summed E-state index contributed by atoms with van der Waals surface area (Å²) in [6.45, 7) is 0.686. The molecule has 1 saturated heterocycles. The second kappa shape index (κ2) is 7.61. The van der Waals surface area contributed by atoms with Crippen LogP contribution < -0.4 is 10.2 Å². The smallest absolute Gasteiger partial charge is 0.259 e. The molecule has 0 aromatic heterocycles. The van der Waals surface area contributed by atoms with Crippen molar-refractivity contribution in [1.82, 2.24) is 10.3 Å². The lowest BCUT2D eigenvalue weighted by Gasteiger charge is -2.27. The van der Waals surface area contributed by atoms with E-state index in [4.69, 9.17) is 4.74 Å². The molecule has 1 unspecified atom stereocenters. The van der Waals surface area contributed by atoms with Crippen molar-refractivity contribution in [1.29, 1.82) is 0 Å². The molecule has 2 aromatic carbocycles. The highest BCUT2D eigenvalue weighted by atomic mass is 16.5. The number of hydrogen-bond donors (Lipinski definition) is 1. The van der Waals surface area contributed by atoms with Crippen LogP contribution in [0.3, 0.4) is 0 Å². The lowest BCUT2D eigenvalue weighted by molar-refractivity contribution is -0.133. The number of rotatable bonds is 4. The normalized spacial score (nSPS) is 20.3. The van der Waals surface area contributed by atoms with Gasteiger partial charge >= 0.3 is 0 Å². The summed E-state index contributed by atoms with van der Waals surface area (Å²) in [4.78, 5) is 25.4. The fourth-order valence-corrected chi connectivity index (χ4v) is 3.46. The van der Waals surface area contributed by atoms with Gasteiger partial charge in [0.2, 0.25) is 5.91 Å². The van der Waals surface area contributed by atoms with Crippen LogP contribution in [0, 0.1) is 0 Å². The first kappa shape index (κ1) is 17.3. The first-order chi connectivity index (χ1) is 13.2. The molecule has 6 nitrogen and oxygen atoms in total. The molecule has 2 heterocycles. The van der Waals surface area contributed by atoms with E-state index in [2.05, 4.69) is 10.5 Å². The van der Waals surface area contributed by atoms with E-state index in [1.165, 1.54) is 0 Å². The van der Waals surface area contributed by atoms with Gasteiger partial charge in [-0.05, 0) is 24.1 Å². The minimum Gasteiger partial charge on any atom is -0.485 e. The Bertz CT molecular complexity index is 879. The zero-order valence-corrected chi connectivity index (χ0v) is 14.9. The predicted octanol–water partition coefficient (Wildman–Crippen LogP) is 2.65. The molecule has 1 atom stereocenters. The van der Waals surface area contributed by atoms with Gasteiger partial charge in [-0.15, -0.1) is 0 Å². The number of hydrazone groups is 1. The quantitative estimate of drug-likeness (QED) is 0.849. The van der Waals surface area contributed by atoms with E-state index in [0.717, 1.165) is 29.0 Å². The van der Waals surface area contributed by atoms with Gasteiger partial charge in [-0.25, -0.2) is 5.43 Å². The fraction of sp³-hybridized carbons (Fsp3) is 0.286. The Morgan fingerprint density at radius 2 is 1.93 bits per heavy atom. The molecule has 138 valence electrons. The van der Waals surface area contributed by atoms with E-state index in [0.29, 0.717) is 19.4 Å². The van der Waals surface area contributed by atoms with Gasteiger partial charge in [-0.2, -0.15) is 5.10 Å². The van der Waals surface area contributed by atoms with Crippen LogP contribution in [0.4, 0.5) is 0 Å². The number of likely N-dealkylation sites (tertiary alicyclic amines) is 1. The van der Waals surface area contributed by atoms with Gasteiger partial charge in [0, 0.05) is 24.9 Å². The largest absolute Gasteiger partial charge is 0.485 e. The first-order valence-corrected chi connectivity index (χ1v) is 9.15. The number of carbonyl (C=O) groups is 2. The minimum atomic E-state index is -0.280. The zero-order chi connectivity index (χ0) is 18.6. The maximum absolute atomic E-state index is 12.2. The van der Waals surface area contributed by atoms with Crippen molar-refractivity contribution in [2.45, 2.75) is 25.4 Å². The second-order valence-electron chi connectivity index (χ2n) is 6.73. The van der Waals surface area contributed by atoms with Gasteiger partial charge < -0.3 is 9.64 Å². The Kier molecular flexibility index (Phi) is 4.87. The number of para-hydroxylation sites is 1. The molecular weight excluding hydrogens is 342 g/mol. The van der Waals surface area contributed by atoms with Crippen molar-refractivity contribution < 1.29 is 14.3 Å². The molecule has 2 aliphatic rings. The van der Waals surface area contributed by atoms with Crippen molar-refractivity contribution in [3.63, 3.8) is 0 Å². The summed E-state index contributed by atoms with van der Waals surface area (Å²) in [6, 6.07) is 17.6. The lowest BCUT2D eigenvalue weighted by Crippen LogP contribution is -2.36. The molecule has 27 heavy (non-hydrogen) atoms. The van der Waals surface area contributed by atoms with Gasteiger partial charge in [0.15, 0.2) is 0 Å². The molecule has 2 aromatic rings. The molecule has 0 aliphatic carbocycles. The van der Waals surface area contributed by atoms with Gasteiger partial charge in [-0.1, -0.05) is 42.5 Å². The molecule has 0 bridgehead atoms. The summed E-state index contributed by atoms with van der Waals surface area (Å²) in [5.41, 5.74) is 5.32. The van der Waals surface area contributed by atoms with Crippen molar-refractivity contribution in [3.8, 4) is 5.75 Å². The third-order valence-corrected chi connectivity index (χ3v) is 4.84. The van der Waals surface area contributed by atoms with Gasteiger partial charge in [0.1, 0.15) is 18.4 Å². The standard InChI is InChI=1S/C21H21N3O3/c25-20(14-24-12-6-11-21(24)26)23-22-17-13-19(15-7-2-1-3-8-15)27-18-10-5-4-9-16(17)18/h1-5,7-10,19H,6,11-14H2,(H,23,25). The summed E-state index contributed by atoms with van der Waals surface area (Å²) in [7, 11) is 0. The highest BCUT2D eigenvalue weighted by Gasteiger charge is 2.27. The average molecular weight is 363 g/mol. The Hall–Kier alpha value is -3.15. The van der Waals surface area contributed by atoms with E-state index >= 15 is 0 Å². The molecule has 2 amide bonds. The van der Waals surface area contributed by atoms with Crippen LogP contribution in [0.1, 0.15) is 36.5 Å². The van der Waals surface area contributed by atoms with Gasteiger partial charge in [0.25, 0.3) is 5.91 Å². The third kappa shape index (κ3) is 3.84. The van der Waals surface area contributed by atoms with Crippen LogP contribution in [0.5, 0.6) is 5.75 Å². The Morgan fingerprint density at radius 1 is 1.15 bits per heavy atom. The molecule has 2 aliphatic heterocycles. The number of hydrogen-bond acceptors (Lipinski definition) is 4. The van der Waals surface area contributed by atoms with E-state index in [9.17, 15) is 9.59 Å². The molecule has 0 spiro atoms. The van der Waals surface area contributed by atoms with Crippen molar-refractivity contribution in [2.75, 3.05) is 13.1 Å². The summed E-state index contributed by atoms with van der Waals surface area (Å²) in [6.07, 6.45) is 1.73. The van der Waals surface area contributed by atoms with E-state index in [1.54, 1.807) is 4.90 Å². The first-order valence-electron chi connectivity index (χ1n) is 9.15. The Labute approximate surface area is 157 Å². The third-order valence-electron chi connectivity index (χ3n) is 4.84. The number of ether oxygens (including phenoxy) is 1. The van der Waals surface area contributed by atoms with E-state index in [1.807, 2.05) is 54.6 Å². The second-order valence-corrected chi connectivity index (χ2v) is 6.73. The highest BCUT2D eigenvalue weighted by Crippen LogP contribution is 2.34. The monoisotopic (exact) mass is 363 g/mol. The van der Waals surface area contributed by atoms with Crippen LogP contribution in [0.15, 0.2) is 59.7 Å². The zero-order valence-electron chi connectivity index (χ0n) is 14.9. The van der Waals surface area contributed by atoms with Crippen molar-refractivity contribution >= 4 is 17.5 Å². The highest BCUT2D eigenvalue weighted by molar-refractivity contribution is 6.04. The lowest BCUT2D eigenvalue weighted by atomic mass is 9.96. The maximum atomic E-state index is 12.2. The van der Waals surface area contributed by atoms with Gasteiger partial charge in [-0.3, -0.25) is 9.59 Å². The van der Waals surface area contributed by atoms with Crippen LogP contribution in [-0.4, -0.2) is 35.5 Å². The predicted molar refractivity (Wildman–Crippen MR) is 101 cm³/mol. The van der Waals surface area contributed by atoms with Crippen LogP contribution in [0.25, 0.3) is 0 Å². The molecule has 4 rings (SSSR count). The molecule has 6 heteroatoms. The number of nitrogens with one attached hydrogen (secondary N) is 1. The summed E-state index contributed by atoms with van der Waals surface area (Å²) in [5.74, 6) is 0.497. The van der Waals surface area contributed by atoms with Crippen molar-refractivity contribution in [2.24, 2.45) is 5.10 Å². The van der Waals surface area contributed by atoms with E-state index in [-0.39, 0.29) is 24.5 Å². The fourth-order valence-electron chi connectivity index (χ4n) is 3.46. The summed E-state index contributed by atoms with van der Waals surface area (Å²) >= 11 is 0. The average Bonchev–Trinajstić information content (AvgIpc) is 3.11.